The number of nitrogens with zero attached hydrogens (tertiary/aromatic N) is 2. The second kappa shape index (κ2) is 7.61. The molecule has 0 saturated carbocycles. The summed E-state index contributed by atoms with van der Waals surface area (Å²) in [7, 11) is 0. The van der Waals surface area contributed by atoms with Crippen LogP contribution in [0.4, 0.5) is 0 Å². The SMILES string of the molecule is O=C(O)COc1ccccc1/C=N/NC(=O)c1n[nH]c2c1CCCC2. The normalized spacial score (nSPS) is 13.4. The largest absolute Gasteiger partial charge is 0.481 e. The molecule has 1 amide bonds. The number of hydrogen-bond acceptors (Lipinski definition) is 5. The van der Waals surface area contributed by atoms with Crippen molar-refractivity contribution in [3.8, 4) is 5.75 Å². The van der Waals surface area contributed by atoms with Gasteiger partial charge in [0.05, 0.1) is 6.21 Å². The van der Waals surface area contributed by atoms with Gasteiger partial charge in [-0.1, -0.05) is 12.1 Å². The fraction of sp³-hybridized carbons (Fsp3) is 0.294. The smallest absolute Gasteiger partial charge is 0.341 e. The van der Waals surface area contributed by atoms with Gasteiger partial charge in [-0.2, -0.15) is 10.2 Å². The van der Waals surface area contributed by atoms with Crippen molar-refractivity contribution in [3.05, 3.63) is 46.8 Å². The molecule has 0 fully saturated rings. The number of aryl methyl sites for hydroxylation is 1. The van der Waals surface area contributed by atoms with Crippen LogP contribution >= 0.6 is 0 Å². The minimum atomic E-state index is -1.07. The van der Waals surface area contributed by atoms with Crippen LogP contribution in [0.5, 0.6) is 5.75 Å². The predicted octanol–water partition coefficient (Wildman–Crippen LogP) is 1.52. The first kappa shape index (κ1) is 16.7. The van der Waals surface area contributed by atoms with E-state index in [9.17, 15) is 9.59 Å². The molecule has 0 radical (unpaired) electrons. The molecule has 1 aliphatic rings. The number of benzene rings is 1. The van der Waals surface area contributed by atoms with Gasteiger partial charge in [-0.3, -0.25) is 9.89 Å². The summed E-state index contributed by atoms with van der Waals surface area (Å²) in [6.07, 6.45) is 5.30. The molecule has 3 rings (SSSR count). The number of carboxylic acids is 1. The molecule has 25 heavy (non-hydrogen) atoms. The van der Waals surface area contributed by atoms with Crippen molar-refractivity contribution in [2.45, 2.75) is 25.7 Å². The lowest BCUT2D eigenvalue weighted by Crippen LogP contribution is -2.20. The Bertz CT molecular complexity index is 813. The second-order valence-electron chi connectivity index (χ2n) is 5.66. The minimum Gasteiger partial charge on any atom is -0.481 e. The molecule has 0 saturated heterocycles. The molecule has 0 atom stereocenters. The molecule has 1 aromatic carbocycles. The zero-order valence-corrected chi connectivity index (χ0v) is 13.5. The molecule has 1 aromatic heterocycles. The van der Waals surface area contributed by atoms with Crippen LogP contribution in [0.3, 0.4) is 0 Å². The summed E-state index contributed by atoms with van der Waals surface area (Å²) in [4.78, 5) is 22.9. The highest BCUT2D eigenvalue weighted by molar-refractivity contribution is 5.95. The number of para-hydroxylation sites is 1. The summed E-state index contributed by atoms with van der Waals surface area (Å²) in [6, 6.07) is 6.84. The Labute approximate surface area is 143 Å². The van der Waals surface area contributed by atoms with Crippen molar-refractivity contribution >= 4 is 18.1 Å². The average Bonchev–Trinajstić information content (AvgIpc) is 3.05. The quantitative estimate of drug-likeness (QED) is 0.543. The molecule has 0 bridgehead atoms. The van der Waals surface area contributed by atoms with Crippen LogP contribution < -0.4 is 10.2 Å². The zero-order valence-electron chi connectivity index (χ0n) is 13.5. The van der Waals surface area contributed by atoms with E-state index in [1.54, 1.807) is 24.3 Å². The van der Waals surface area contributed by atoms with Crippen LogP contribution in [0.1, 0.15) is 40.2 Å². The van der Waals surface area contributed by atoms with E-state index in [-0.39, 0.29) is 5.91 Å². The molecule has 8 heteroatoms. The van der Waals surface area contributed by atoms with Gasteiger partial charge in [0.2, 0.25) is 0 Å². The number of H-pyrrole nitrogens is 1. The van der Waals surface area contributed by atoms with Gasteiger partial charge < -0.3 is 9.84 Å². The van der Waals surface area contributed by atoms with E-state index in [1.807, 2.05) is 0 Å². The van der Waals surface area contributed by atoms with E-state index in [2.05, 4.69) is 20.7 Å². The molecule has 1 aliphatic carbocycles. The highest BCUT2D eigenvalue weighted by Gasteiger charge is 2.21. The molecule has 2 aromatic rings. The molecule has 3 N–H and O–H groups in total. The number of aromatic nitrogens is 2. The van der Waals surface area contributed by atoms with Gasteiger partial charge in [-0.15, -0.1) is 0 Å². The first-order valence-corrected chi connectivity index (χ1v) is 7.98. The summed E-state index contributed by atoms with van der Waals surface area (Å²) in [6.45, 7) is -0.448. The number of rotatable bonds is 6. The van der Waals surface area contributed by atoms with E-state index < -0.39 is 12.6 Å². The summed E-state index contributed by atoms with van der Waals surface area (Å²) in [5, 5.41) is 19.6. The maximum Gasteiger partial charge on any atom is 0.341 e. The average molecular weight is 342 g/mol. The van der Waals surface area contributed by atoms with Crippen molar-refractivity contribution in [1.29, 1.82) is 0 Å². The first-order chi connectivity index (χ1) is 12.1. The molecule has 8 nitrogen and oxygen atoms in total. The Morgan fingerprint density at radius 1 is 1.32 bits per heavy atom. The fourth-order valence-corrected chi connectivity index (χ4v) is 2.74. The third-order valence-corrected chi connectivity index (χ3v) is 3.91. The Hall–Kier alpha value is -3.16. The number of aliphatic carboxylic acids is 1. The van der Waals surface area contributed by atoms with Crippen molar-refractivity contribution in [2.24, 2.45) is 5.10 Å². The summed E-state index contributed by atoms with van der Waals surface area (Å²) < 4.78 is 5.18. The molecular weight excluding hydrogens is 324 g/mol. The molecule has 0 spiro atoms. The van der Waals surface area contributed by atoms with Crippen molar-refractivity contribution in [3.63, 3.8) is 0 Å². The van der Waals surface area contributed by atoms with Gasteiger partial charge in [-0.25, -0.2) is 10.2 Å². The summed E-state index contributed by atoms with van der Waals surface area (Å²) in [5.74, 6) is -1.07. The molecular formula is C17H18N4O4. The van der Waals surface area contributed by atoms with Gasteiger partial charge in [-0.05, 0) is 37.8 Å². The highest BCUT2D eigenvalue weighted by Crippen LogP contribution is 2.22. The first-order valence-electron chi connectivity index (χ1n) is 7.98. The lowest BCUT2D eigenvalue weighted by atomic mass is 9.96. The Kier molecular flexibility index (Phi) is 5.08. The van der Waals surface area contributed by atoms with Gasteiger partial charge in [0.1, 0.15) is 5.75 Å². The van der Waals surface area contributed by atoms with Crippen molar-refractivity contribution < 1.29 is 19.4 Å². The lowest BCUT2D eigenvalue weighted by molar-refractivity contribution is -0.139. The summed E-state index contributed by atoms with van der Waals surface area (Å²) >= 11 is 0. The number of ether oxygens (including phenoxy) is 1. The van der Waals surface area contributed by atoms with Crippen molar-refractivity contribution in [1.82, 2.24) is 15.6 Å². The third-order valence-electron chi connectivity index (χ3n) is 3.91. The number of carbonyl (C=O) groups is 2. The summed E-state index contributed by atoms with van der Waals surface area (Å²) in [5.41, 5.74) is 5.38. The Morgan fingerprint density at radius 3 is 2.96 bits per heavy atom. The van der Waals surface area contributed by atoms with Gasteiger partial charge in [0.15, 0.2) is 12.3 Å². The maximum atomic E-state index is 12.3. The fourth-order valence-electron chi connectivity index (χ4n) is 2.74. The second-order valence-corrected chi connectivity index (χ2v) is 5.66. The van der Waals surface area contributed by atoms with E-state index >= 15 is 0 Å². The number of hydrogen-bond donors (Lipinski definition) is 3. The number of carbonyl (C=O) groups excluding carboxylic acids is 1. The van der Waals surface area contributed by atoms with Crippen LogP contribution in [-0.2, 0) is 17.6 Å². The van der Waals surface area contributed by atoms with Gasteiger partial charge >= 0.3 is 5.97 Å². The highest BCUT2D eigenvalue weighted by atomic mass is 16.5. The number of hydrazone groups is 1. The third kappa shape index (κ3) is 4.03. The van der Waals surface area contributed by atoms with Gasteiger partial charge in [0.25, 0.3) is 5.91 Å². The number of amides is 1. The Morgan fingerprint density at radius 2 is 2.12 bits per heavy atom. The number of aromatic amines is 1. The number of carboxylic acid groups (broad SMARTS) is 1. The maximum absolute atomic E-state index is 12.3. The van der Waals surface area contributed by atoms with Crippen molar-refractivity contribution in [2.75, 3.05) is 6.61 Å². The monoisotopic (exact) mass is 342 g/mol. The van der Waals surface area contributed by atoms with Crippen LogP contribution in [0, 0.1) is 0 Å². The molecule has 0 aliphatic heterocycles. The lowest BCUT2D eigenvalue weighted by Gasteiger charge is -2.10. The number of fused-ring (bicyclic) bond motifs is 1. The van der Waals surface area contributed by atoms with Crippen LogP contribution in [0.2, 0.25) is 0 Å². The van der Waals surface area contributed by atoms with Crippen LogP contribution in [0.15, 0.2) is 29.4 Å². The number of nitrogens with one attached hydrogen (secondary N) is 2. The topological polar surface area (TPSA) is 117 Å². The van der Waals surface area contributed by atoms with E-state index in [4.69, 9.17) is 9.84 Å². The minimum absolute atomic E-state index is 0.375. The van der Waals surface area contributed by atoms with Crippen LogP contribution in [-0.4, -0.2) is 40.0 Å². The predicted molar refractivity (Wildman–Crippen MR) is 89.9 cm³/mol. The van der Waals surface area contributed by atoms with E-state index in [0.717, 1.165) is 36.9 Å². The standard InChI is InChI=1S/C17H18N4O4/c22-15(23)10-25-14-8-4-1-5-11(14)9-18-21-17(24)16-12-6-2-3-7-13(12)19-20-16/h1,4-5,8-9H,2-3,6-7,10H2,(H,19,20)(H,21,24)(H,22,23)/b18-9+. The molecule has 1 heterocycles. The molecule has 0 unspecified atom stereocenters. The molecule has 130 valence electrons. The van der Waals surface area contributed by atoms with Gasteiger partial charge in [0, 0.05) is 16.8 Å². The van der Waals surface area contributed by atoms with Crippen LogP contribution in [0.25, 0.3) is 0 Å². The van der Waals surface area contributed by atoms with E-state index in [0.29, 0.717) is 17.0 Å². The zero-order chi connectivity index (χ0) is 17.6. The Balaban J connectivity index is 1.66. The van der Waals surface area contributed by atoms with E-state index in [1.165, 1.54) is 6.21 Å².